The third-order valence-electron chi connectivity index (χ3n) is 5.42. The van der Waals surface area contributed by atoms with Crippen LogP contribution in [-0.4, -0.2) is 54.0 Å². The van der Waals surface area contributed by atoms with Crippen LogP contribution in [0.1, 0.15) is 12.6 Å². The maximum atomic E-state index is 13.6. The van der Waals surface area contributed by atoms with Gasteiger partial charge >= 0.3 is 5.97 Å². The van der Waals surface area contributed by atoms with Gasteiger partial charge in [0.1, 0.15) is 12.4 Å². The SMILES string of the molecule is CC(=O)N(c1cc(-c2ccc(S(C)(=O)=O)cc2)n(-c2ccc(F)cc2)c1C)C(CO[N+](=O)[O-])C(=O)O. The van der Waals surface area contributed by atoms with Gasteiger partial charge in [-0.3, -0.25) is 9.69 Å². The van der Waals surface area contributed by atoms with Gasteiger partial charge in [0.15, 0.2) is 15.9 Å². The van der Waals surface area contributed by atoms with Crippen molar-refractivity contribution in [1.82, 2.24) is 4.57 Å². The Labute approximate surface area is 205 Å². The van der Waals surface area contributed by atoms with Gasteiger partial charge in [0.25, 0.3) is 5.09 Å². The summed E-state index contributed by atoms with van der Waals surface area (Å²) in [5, 5.41) is 19.2. The molecule has 1 atom stereocenters. The number of halogens is 1. The normalized spacial score (nSPS) is 12.1. The molecule has 0 aliphatic heterocycles. The molecule has 13 heteroatoms. The van der Waals surface area contributed by atoms with Gasteiger partial charge in [-0.1, -0.05) is 12.1 Å². The highest BCUT2D eigenvalue weighted by atomic mass is 32.2. The van der Waals surface area contributed by atoms with E-state index in [1.54, 1.807) is 11.5 Å². The molecule has 36 heavy (non-hydrogen) atoms. The third-order valence-corrected chi connectivity index (χ3v) is 6.55. The van der Waals surface area contributed by atoms with Crippen molar-refractivity contribution in [3.8, 4) is 16.9 Å². The molecule has 0 spiro atoms. The molecular formula is C23H22FN3O8S. The van der Waals surface area contributed by atoms with Gasteiger partial charge in [-0.15, -0.1) is 10.1 Å². The molecule has 2 aromatic carbocycles. The molecule has 1 heterocycles. The molecule has 3 aromatic rings. The Kier molecular flexibility index (Phi) is 7.43. The Morgan fingerprint density at radius 3 is 2.22 bits per heavy atom. The number of benzene rings is 2. The van der Waals surface area contributed by atoms with Crippen molar-refractivity contribution in [2.24, 2.45) is 0 Å². The molecular weight excluding hydrogens is 497 g/mol. The molecule has 0 saturated heterocycles. The Morgan fingerprint density at radius 2 is 1.75 bits per heavy atom. The van der Waals surface area contributed by atoms with Crippen LogP contribution in [0.25, 0.3) is 16.9 Å². The van der Waals surface area contributed by atoms with Crippen LogP contribution >= 0.6 is 0 Å². The number of sulfone groups is 1. The van der Waals surface area contributed by atoms with Gasteiger partial charge in [0, 0.05) is 24.6 Å². The van der Waals surface area contributed by atoms with Crippen LogP contribution in [0, 0.1) is 22.9 Å². The Hall–Kier alpha value is -4.26. The van der Waals surface area contributed by atoms with E-state index in [0.717, 1.165) is 18.1 Å². The van der Waals surface area contributed by atoms with E-state index >= 15 is 0 Å². The molecule has 0 fully saturated rings. The monoisotopic (exact) mass is 519 g/mol. The first-order chi connectivity index (χ1) is 16.8. The second-order valence-electron chi connectivity index (χ2n) is 7.87. The summed E-state index contributed by atoms with van der Waals surface area (Å²) in [7, 11) is -3.47. The zero-order chi connectivity index (χ0) is 26.8. The number of amides is 1. The molecule has 0 saturated carbocycles. The van der Waals surface area contributed by atoms with E-state index in [4.69, 9.17) is 0 Å². The molecule has 3 rings (SSSR count). The molecule has 190 valence electrons. The fraction of sp³-hybridized carbons (Fsp3) is 0.217. The van der Waals surface area contributed by atoms with E-state index in [9.17, 15) is 37.6 Å². The van der Waals surface area contributed by atoms with Crippen molar-refractivity contribution in [3.05, 3.63) is 76.2 Å². The fourth-order valence-electron chi connectivity index (χ4n) is 3.79. The number of anilines is 1. The second-order valence-corrected chi connectivity index (χ2v) is 9.89. The lowest BCUT2D eigenvalue weighted by Gasteiger charge is -2.27. The lowest BCUT2D eigenvalue weighted by atomic mass is 10.1. The van der Waals surface area contributed by atoms with E-state index in [2.05, 4.69) is 4.84 Å². The first-order valence-electron chi connectivity index (χ1n) is 10.4. The van der Waals surface area contributed by atoms with E-state index in [0.29, 0.717) is 22.6 Å². The number of carbonyl (C=O) groups excluding carboxylic acids is 1. The molecule has 0 bridgehead atoms. The smallest absolute Gasteiger partial charge is 0.328 e. The molecule has 11 nitrogen and oxygen atoms in total. The fourth-order valence-corrected chi connectivity index (χ4v) is 4.42. The highest BCUT2D eigenvalue weighted by Crippen LogP contribution is 2.36. The molecule has 1 aromatic heterocycles. The maximum absolute atomic E-state index is 13.6. The minimum atomic E-state index is -3.47. The quantitative estimate of drug-likeness (QED) is 0.335. The Bertz CT molecular complexity index is 1420. The summed E-state index contributed by atoms with van der Waals surface area (Å²) in [5.41, 5.74) is 1.90. The molecule has 0 aliphatic rings. The van der Waals surface area contributed by atoms with Crippen molar-refractivity contribution in [1.29, 1.82) is 0 Å². The number of nitrogens with zero attached hydrogens (tertiary/aromatic N) is 3. The number of carboxylic acids is 1. The second kappa shape index (κ2) is 10.2. The van der Waals surface area contributed by atoms with E-state index in [-0.39, 0.29) is 10.6 Å². The lowest BCUT2D eigenvalue weighted by molar-refractivity contribution is -0.757. The maximum Gasteiger partial charge on any atom is 0.328 e. The van der Waals surface area contributed by atoms with E-state index in [1.807, 2.05) is 0 Å². The molecule has 1 N–H and O–H groups in total. The van der Waals surface area contributed by atoms with Gasteiger partial charge in [0.05, 0.1) is 16.3 Å². The summed E-state index contributed by atoms with van der Waals surface area (Å²) in [4.78, 5) is 40.4. The van der Waals surface area contributed by atoms with Crippen molar-refractivity contribution < 1.29 is 37.4 Å². The summed E-state index contributed by atoms with van der Waals surface area (Å²) in [6.45, 7) is 1.79. The topological polar surface area (TPSA) is 149 Å². The number of rotatable bonds is 9. The van der Waals surface area contributed by atoms with E-state index < -0.39 is 45.3 Å². The molecule has 1 unspecified atom stereocenters. The summed E-state index contributed by atoms with van der Waals surface area (Å²) < 4.78 is 39.0. The number of aliphatic carboxylic acids is 1. The number of aromatic nitrogens is 1. The Balaban J connectivity index is 2.26. The number of hydrogen-bond acceptors (Lipinski definition) is 7. The summed E-state index contributed by atoms with van der Waals surface area (Å²) >= 11 is 0. The van der Waals surface area contributed by atoms with Crippen molar-refractivity contribution in [2.45, 2.75) is 24.8 Å². The van der Waals surface area contributed by atoms with Gasteiger partial charge in [-0.2, -0.15) is 0 Å². The number of carboxylic acid groups (broad SMARTS) is 1. The zero-order valence-corrected chi connectivity index (χ0v) is 20.2. The zero-order valence-electron chi connectivity index (χ0n) is 19.4. The number of hydrogen-bond donors (Lipinski definition) is 1. The predicted molar refractivity (Wildman–Crippen MR) is 127 cm³/mol. The van der Waals surface area contributed by atoms with Crippen LogP contribution in [-0.2, 0) is 24.3 Å². The molecule has 0 radical (unpaired) electrons. The summed E-state index contributed by atoms with van der Waals surface area (Å²) in [5.74, 6) is -2.73. The predicted octanol–water partition coefficient (Wildman–Crippen LogP) is 3.01. The number of carbonyl (C=O) groups is 2. The van der Waals surface area contributed by atoms with Gasteiger partial charge in [-0.25, -0.2) is 17.6 Å². The average Bonchev–Trinajstić information content (AvgIpc) is 3.12. The Morgan fingerprint density at radius 1 is 1.17 bits per heavy atom. The molecule has 0 aliphatic carbocycles. The van der Waals surface area contributed by atoms with Gasteiger partial charge < -0.3 is 14.5 Å². The van der Waals surface area contributed by atoms with Crippen LogP contribution in [0.15, 0.2) is 59.5 Å². The van der Waals surface area contributed by atoms with Crippen molar-refractivity contribution in [2.75, 3.05) is 17.8 Å². The minimum absolute atomic E-state index is 0.0799. The van der Waals surface area contributed by atoms with Crippen LogP contribution in [0.5, 0.6) is 0 Å². The van der Waals surface area contributed by atoms with Crippen LogP contribution in [0.4, 0.5) is 10.1 Å². The van der Waals surface area contributed by atoms with E-state index in [1.165, 1.54) is 54.6 Å². The first kappa shape index (κ1) is 26.3. The lowest BCUT2D eigenvalue weighted by Crippen LogP contribution is -2.47. The first-order valence-corrected chi connectivity index (χ1v) is 12.3. The summed E-state index contributed by atoms with van der Waals surface area (Å²) in [6.07, 6.45) is 1.06. The van der Waals surface area contributed by atoms with Crippen LogP contribution < -0.4 is 4.90 Å². The van der Waals surface area contributed by atoms with Crippen molar-refractivity contribution in [3.63, 3.8) is 0 Å². The van der Waals surface area contributed by atoms with Gasteiger partial charge in [-0.05, 0) is 55.0 Å². The average molecular weight is 520 g/mol. The molecule has 1 amide bonds. The summed E-state index contributed by atoms with van der Waals surface area (Å²) in [6, 6.07) is 11.0. The highest BCUT2D eigenvalue weighted by Gasteiger charge is 2.33. The highest BCUT2D eigenvalue weighted by molar-refractivity contribution is 7.90. The third kappa shape index (κ3) is 5.51. The van der Waals surface area contributed by atoms with Crippen LogP contribution in [0.2, 0.25) is 0 Å². The van der Waals surface area contributed by atoms with Crippen LogP contribution in [0.3, 0.4) is 0 Å². The largest absolute Gasteiger partial charge is 0.480 e. The standard InChI is InChI=1S/C23H22FN3O8S/c1-14-20(26(15(2)28)22(23(29)30)13-35-27(31)32)12-21(25(14)18-8-6-17(24)7-9-18)16-4-10-19(11-5-16)36(3,33)34/h4-12,22H,13H2,1-3H3,(H,29,30). The van der Waals surface area contributed by atoms with Gasteiger partial charge in [0.2, 0.25) is 5.91 Å². The van der Waals surface area contributed by atoms with Crippen molar-refractivity contribution >= 4 is 27.4 Å². The minimum Gasteiger partial charge on any atom is -0.480 e.